The minimum atomic E-state index is -0.531. The third kappa shape index (κ3) is 5.81. The Morgan fingerprint density at radius 3 is 2.67 bits per heavy atom. The minimum absolute atomic E-state index is 0.0554. The van der Waals surface area contributed by atoms with Crippen LogP contribution >= 0.6 is 0 Å². The highest BCUT2D eigenvalue weighted by molar-refractivity contribution is 5.95. The van der Waals surface area contributed by atoms with E-state index in [4.69, 9.17) is 4.74 Å². The van der Waals surface area contributed by atoms with Crippen molar-refractivity contribution in [3.8, 4) is 5.75 Å². The molecule has 1 heterocycles. The van der Waals surface area contributed by atoms with Gasteiger partial charge < -0.3 is 15.0 Å². The average molecular weight is 413 g/mol. The second-order valence-corrected chi connectivity index (χ2v) is 7.63. The lowest BCUT2D eigenvalue weighted by molar-refractivity contribution is -0.126. The summed E-state index contributed by atoms with van der Waals surface area (Å²) in [4.78, 5) is 26.9. The first kappa shape index (κ1) is 21.8. The molecule has 0 unspecified atom stereocenters. The molecule has 0 saturated carbocycles. The van der Waals surface area contributed by atoms with E-state index in [1.54, 1.807) is 17.0 Å². The van der Waals surface area contributed by atoms with Crippen LogP contribution in [-0.4, -0.2) is 36.4 Å². The highest BCUT2D eigenvalue weighted by atomic mass is 19.1. The standard InChI is InChI=1S/C24H29FN2O3/c1-2-3-15-30-20-12-10-18(11-13-20)16-26-23(28)19-7-6-14-27(17-19)24(29)21-8-4-5-9-22(21)25/h4-5,8-13,19H,2-3,6-7,14-17H2,1H3,(H,26,28)/t19-/m1/s1. The number of rotatable bonds is 8. The van der Waals surface area contributed by atoms with Gasteiger partial charge in [0.2, 0.25) is 5.91 Å². The lowest BCUT2D eigenvalue weighted by Crippen LogP contribution is -2.45. The van der Waals surface area contributed by atoms with Crippen molar-refractivity contribution in [3.05, 3.63) is 65.5 Å². The summed E-state index contributed by atoms with van der Waals surface area (Å²) in [5.41, 5.74) is 1.04. The van der Waals surface area contributed by atoms with Crippen LogP contribution in [0.15, 0.2) is 48.5 Å². The maximum Gasteiger partial charge on any atom is 0.256 e. The number of piperidine rings is 1. The third-order valence-corrected chi connectivity index (χ3v) is 5.34. The molecule has 0 bridgehead atoms. The molecule has 1 N–H and O–H groups in total. The van der Waals surface area contributed by atoms with Crippen LogP contribution in [0, 0.1) is 11.7 Å². The Balaban J connectivity index is 1.50. The molecule has 1 atom stereocenters. The van der Waals surface area contributed by atoms with Gasteiger partial charge >= 0.3 is 0 Å². The van der Waals surface area contributed by atoms with Crippen molar-refractivity contribution < 1.29 is 18.7 Å². The van der Waals surface area contributed by atoms with E-state index >= 15 is 0 Å². The Bertz CT molecular complexity index is 854. The number of hydrogen-bond donors (Lipinski definition) is 1. The maximum atomic E-state index is 13.9. The van der Waals surface area contributed by atoms with E-state index < -0.39 is 5.82 Å². The fraction of sp³-hybridized carbons (Fsp3) is 0.417. The molecule has 0 aromatic heterocycles. The average Bonchev–Trinajstić information content (AvgIpc) is 2.78. The van der Waals surface area contributed by atoms with Crippen LogP contribution < -0.4 is 10.1 Å². The van der Waals surface area contributed by atoms with E-state index in [0.29, 0.717) is 26.2 Å². The number of nitrogens with one attached hydrogen (secondary N) is 1. The maximum absolute atomic E-state index is 13.9. The van der Waals surface area contributed by atoms with Crippen molar-refractivity contribution in [1.29, 1.82) is 0 Å². The first-order valence-corrected chi connectivity index (χ1v) is 10.6. The summed E-state index contributed by atoms with van der Waals surface area (Å²) in [6.07, 6.45) is 3.56. The number of likely N-dealkylation sites (tertiary alicyclic amines) is 1. The molecule has 30 heavy (non-hydrogen) atoms. The Kier molecular flexibility index (Phi) is 7.82. The molecule has 1 fully saturated rings. The van der Waals surface area contributed by atoms with Crippen LogP contribution in [0.1, 0.15) is 48.5 Å². The van der Waals surface area contributed by atoms with Crippen LogP contribution in [0.5, 0.6) is 5.75 Å². The molecular formula is C24H29FN2O3. The van der Waals surface area contributed by atoms with Crippen LogP contribution in [0.25, 0.3) is 0 Å². The van der Waals surface area contributed by atoms with Crippen LogP contribution in [-0.2, 0) is 11.3 Å². The zero-order valence-corrected chi connectivity index (χ0v) is 17.4. The van der Waals surface area contributed by atoms with Gasteiger partial charge in [-0.15, -0.1) is 0 Å². The lowest BCUT2D eigenvalue weighted by Gasteiger charge is -2.32. The SMILES string of the molecule is CCCCOc1ccc(CNC(=O)[C@@H]2CCCN(C(=O)c3ccccc3F)C2)cc1. The predicted octanol–water partition coefficient (Wildman–Crippen LogP) is 4.17. The lowest BCUT2D eigenvalue weighted by atomic mass is 9.96. The van der Waals surface area contributed by atoms with Gasteiger partial charge in [-0.2, -0.15) is 0 Å². The summed E-state index contributed by atoms with van der Waals surface area (Å²) < 4.78 is 19.6. The van der Waals surface area contributed by atoms with Gasteiger partial charge in [-0.1, -0.05) is 37.6 Å². The molecule has 160 valence electrons. The molecule has 0 radical (unpaired) electrons. The number of halogens is 1. The van der Waals surface area contributed by atoms with Crippen molar-refractivity contribution in [2.45, 2.75) is 39.2 Å². The molecule has 0 spiro atoms. The Hall–Kier alpha value is -2.89. The number of ether oxygens (including phenoxy) is 1. The summed E-state index contributed by atoms with van der Waals surface area (Å²) >= 11 is 0. The second kappa shape index (κ2) is 10.8. The van der Waals surface area contributed by atoms with Crippen LogP contribution in [0.4, 0.5) is 4.39 Å². The number of nitrogens with zero attached hydrogens (tertiary/aromatic N) is 1. The Morgan fingerprint density at radius 1 is 1.17 bits per heavy atom. The summed E-state index contributed by atoms with van der Waals surface area (Å²) in [5.74, 6) is -0.427. The van der Waals surface area contributed by atoms with Crippen LogP contribution in [0.2, 0.25) is 0 Å². The molecule has 6 heteroatoms. The third-order valence-electron chi connectivity index (χ3n) is 5.34. The van der Waals surface area contributed by atoms with Crippen molar-refractivity contribution >= 4 is 11.8 Å². The van der Waals surface area contributed by atoms with E-state index in [-0.39, 0.29) is 23.3 Å². The Labute approximate surface area is 177 Å². The van der Waals surface area contributed by atoms with Gasteiger partial charge in [-0.25, -0.2) is 4.39 Å². The summed E-state index contributed by atoms with van der Waals surface area (Å²) in [6, 6.07) is 13.7. The molecule has 1 saturated heterocycles. The number of carbonyl (C=O) groups is 2. The molecular weight excluding hydrogens is 383 g/mol. The molecule has 5 nitrogen and oxygen atoms in total. The van der Waals surface area contributed by atoms with E-state index in [0.717, 1.165) is 37.0 Å². The van der Waals surface area contributed by atoms with Crippen molar-refractivity contribution in [2.24, 2.45) is 5.92 Å². The zero-order chi connectivity index (χ0) is 21.3. The van der Waals surface area contributed by atoms with Crippen molar-refractivity contribution in [2.75, 3.05) is 19.7 Å². The van der Waals surface area contributed by atoms with Gasteiger partial charge in [0.05, 0.1) is 18.1 Å². The fourth-order valence-corrected chi connectivity index (χ4v) is 3.55. The van der Waals surface area contributed by atoms with Crippen molar-refractivity contribution in [1.82, 2.24) is 10.2 Å². The fourth-order valence-electron chi connectivity index (χ4n) is 3.55. The number of unbranched alkanes of at least 4 members (excludes halogenated alkanes) is 1. The topological polar surface area (TPSA) is 58.6 Å². The van der Waals surface area contributed by atoms with Gasteiger partial charge in [0.1, 0.15) is 11.6 Å². The number of amides is 2. The second-order valence-electron chi connectivity index (χ2n) is 7.63. The molecule has 0 aliphatic carbocycles. The van der Waals surface area contributed by atoms with Gasteiger partial charge in [0, 0.05) is 19.6 Å². The first-order chi connectivity index (χ1) is 14.6. The highest BCUT2D eigenvalue weighted by Crippen LogP contribution is 2.20. The predicted molar refractivity (Wildman–Crippen MR) is 114 cm³/mol. The van der Waals surface area contributed by atoms with Gasteiger partial charge in [0.15, 0.2) is 0 Å². The summed E-state index contributed by atoms with van der Waals surface area (Å²) in [6.45, 7) is 4.10. The van der Waals surface area contributed by atoms with Gasteiger partial charge in [-0.05, 0) is 49.1 Å². The Morgan fingerprint density at radius 2 is 1.93 bits per heavy atom. The molecule has 3 rings (SSSR count). The highest BCUT2D eigenvalue weighted by Gasteiger charge is 2.29. The molecule has 1 aliphatic heterocycles. The first-order valence-electron chi connectivity index (χ1n) is 10.6. The molecule has 1 aliphatic rings. The quantitative estimate of drug-likeness (QED) is 0.662. The van der Waals surface area contributed by atoms with E-state index in [1.807, 2.05) is 24.3 Å². The van der Waals surface area contributed by atoms with Gasteiger partial charge in [0.25, 0.3) is 5.91 Å². The van der Waals surface area contributed by atoms with Gasteiger partial charge in [-0.3, -0.25) is 9.59 Å². The number of carbonyl (C=O) groups excluding carboxylic acids is 2. The summed E-state index contributed by atoms with van der Waals surface area (Å²) in [5, 5.41) is 2.96. The summed E-state index contributed by atoms with van der Waals surface area (Å²) in [7, 11) is 0. The molecule has 2 amide bonds. The monoisotopic (exact) mass is 412 g/mol. The largest absolute Gasteiger partial charge is 0.494 e. The van der Waals surface area contributed by atoms with Crippen molar-refractivity contribution in [3.63, 3.8) is 0 Å². The molecule has 2 aromatic rings. The van der Waals surface area contributed by atoms with E-state index in [2.05, 4.69) is 12.2 Å². The van der Waals surface area contributed by atoms with E-state index in [9.17, 15) is 14.0 Å². The van der Waals surface area contributed by atoms with E-state index in [1.165, 1.54) is 12.1 Å². The number of hydrogen-bond acceptors (Lipinski definition) is 3. The van der Waals surface area contributed by atoms with Crippen LogP contribution in [0.3, 0.4) is 0 Å². The smallest absolute Gasteiger partial charge is 0.256 e. The zero-order valence-electron chi connectivity index (χ0n) is 17.4. The number of benzene rings is 2. The molecule has 2 aromatic carbocycles. The normalized spacial score (nSPS) is 16.2. The minimum Gasteiger partial charge on any atom is -0.494 e.